The van der Waals surface area contributed by atoms with Crippen LogP contribution in [0.3, 0.4) is 0 Å². The number of carbonyl (C=O) groups excluding carboxylic acids is 7. The van der Waals surface area contributed by atoms with Gasteiger partial charge in [0.05, 0.1) is 13.0 Å². The molecule has 4 aliphatic rings. The Morgan fingerprint density at radius 2 is 1.60 bits per heavy atom. The molecular weight excluding hydrogens is 708 g/mol. The van der Waals surface area contributed by atoms with Gasteiger partial charge in [-0.3, -0.25) is 28.8 Å². The maximum absolute atomic E-state index is 13.4. The summed E-state index contributed by atoms with van der Waals surface area (Å²) in [4.78, 5) is 93.4. The molecule has 55 heavy (non-hydrogen) atoms. The van der Waals surface area contributed by atoms with E-state index in [9.17, 15) is 33.6 Å². The number of pyridine rings is 1. The molecule has 0 spiro atoms. The van der Waals surface area contributed by atoms with Crippen molar-refractivity contribution >= 4 is 47.7 Å². The second-order valence-electron chi connectivity index (χ2n) is 13.9. The van der Waals surface area contributed by atoms with Crippen molar-refractivity contribution in [2.75, 3.05) is 45.2 Å². The summed E-state index contributed by atoms with van der Waals surface area (Å²) in [6.07, 6.45) is 6.10. The van der Waals surface area contributed by atoms with Crippen molar-refractivity contribution in [2.45, 2.75) is 89.9 Å². The van der Waals surface area contributed by atoms with Crippen LogP contribution in [-0.4, -0.2) is 126 Å². The lowest BCUT2D eigenvalue weighted by Gasteiger charge is -2.38. The van der Waals surface area contributed by atoms with E-state index in [1.807, 2.05) is 25.1 Å². The van der Waals surface area contributed by atoms with Crippen LogP contribution < -0.4 is 21.7 Å². The third kappa shape index (κ3) is 13.8. The summed E-state index contributed by atoms with van der Waals surface area (Å²) in [6.45, 7) is 7.18. The molecule has 0 bridgehead atoms. The number of aromatic nitrogens is 1. The smallest absolute Gasteiger partial charge is 0.328 e. The van der Waals surface area contributed by atoms with Crippen LogP contribution >= 0.6 is 0 Å². The summed E-state index contributed by atoms with van der Waals surface area (Å²) in [7, 11) is 1.67. The summed E-state index contributed by atoms with van der Waals surface area (Å²) in [6, 6.07) is 12.8. The minimum atomic E-state index is -0.825. The molecule has 4 fully saturated rings. The molecule has 16 heteroatoms. The number of anilines is 1. The van der Waals surface area contributed by atoms with E-state index in [4.69, 9.17) is 10.5 Å². The first-order valence-electron chi connectivity index (χ1n) is 18.8. The Bertz CT molecular complexity index is 1580. The molecule has 300 valence electrons. The second kappa shape index (κ2) is 22.7. The van der Waals surface area contributed by atoms with Gasteiger partial charge in [-0.05, 0) is 77.5 Å². The van der Waals surface area contributed by atoms with E-state index >= 15 is 0 Å². The fourth-order valence-electron chi connectivity index (χ4n) is 6.81. The molecule has 6 rings (SSSR count). The number of hydrogen-bond acceptors (Lipinski definition) is 10. The maximum Gasteiger partial charge on any atom is 0.328 e. The Morgan fingerprint density at radius 3 is 2.20 bits per heavy atom. The van der Waals surface area contributed by atoms with Crippen LogP contribution in [0.2, 0.25) is 0 Å². The van der Waals surface area contributed by atoms with Crippen molar-refractivity contribution in [1.29, 1.82) is 0 Å². The number of carbonyl (C=O) groups is 7. The highest BCUT2D eigenvalue weighted by atomic mass is 16.5. The molecule has 5 unspecified atom stereocenters. The molecule has 0 saturated carbocycles. The third-order valence-electron chi connectivity index (χ3n) is 9.46. The zero-order valence-electron chi connectivity index (χ0n) is 32.3. The topological polar surface area (TPSA) is 213 Å². The van der Waals surface area contributed by atoms with Crippen LogP contribution in [0.4, 0.5) is 5.82 Å². The average Bonchev–Trinajstić information content (AvgIpc) is 3.83. The first-order valence-corrected chi connectivity index (χ1v) is 18.8. The number of ether oxygens (including phenoxy) is 1. The van der Waals surface area contributed by atoms with Gasteiger partial charge in [0, 0.05) is 25.8 Å². The number of fused-ring (bicyclic) bond motifs is 3. The van der Waals surface area contributed by atoms with Gasteiger partial charge in [-0.15, -0.1) is 0 Å². The normalized spacial score (nSPS) is 24.1. The molecule has 5 atom stereocenters. The highest BCUT2D eigenvalue weighted by Crippen LogP contribution is 2.27. The van der Waals surface area contributed by atoms with E-state index < -0.39 is 30.1 Å². The Labute approximate surface area is 322 Å². The predicted octanol–water partition coefficient (Wildman–Crippen LogP) is 1.38. The van der Waals surface area contributed by atoms with Gasteiger partial charge >= 0.3 is 5.97 Å². The van der Waals surface area contributed by atoms with E-state index in [2.05, 4.69) is 40.0 Å². The number of nitrogens with two attached hydrogens (primary N) is 1. The number of hydrogen-bond donors (Lipinski definition) is 4. The SMILES string of the molecule is CC1CC2C(=O)OCCC(=O)N3CCCC3C(=O)N3CCCCC3C(=O)NC(C)C(=O)N2C1.CNCC(N)=O.Cc1ccccc1.O=CNc1ccccn1. The Hall–Kier alpha value is -5.38. The lowest BCUT2D eigenvalue weighted by atomic mass is 9.99. The van der Waals surface area contributed by atoms with Crippen molar-refractivity contribution < 1.29 is 38.3 Å². The van der Waals surface area contributed by atoms with Crippen molar-refractivity contribution in [3.05, 3.63) is 60.3 Å². The highest BCUT2D eigenvalue weighted by molar-refractivity contribution is 5.95. The molecule has 16 nitrogen and oxygen atoms in total. The fraction of sp³-hybridized carbons (Fsp3) is 0.538. The van der Waals surface area contributed by atoms with Crippen LogP contribution in [0, 0.1) is 12.8 Å². The molecule has 4 aliphatic heterocycles. The van der Waals surface area contributed by atoms with Crippen LogP contribution in [-0.2, 0) is 38.3 Å². The Kier molecular flexibility index (Phi) is 18.2. The lowest BCUT2D eigenvalue weighted by molar-refractivity contribution is -0.156. The minimum absolute atomic E-state index is 0.00788. The molecule has 5 N–H and O–H groups in total. The predicted molar refractivity (Wildman–Crippen MR) is 205 cm³/mol. The van der Waals surface area contributed by atoms with Crippen molar-refractivity contribution in [2.24, 2.45) is 11.7 Å². The molecular formula is C39H56N8O8. The van der Waals surface area contributed by atoms with Gasteiger partial charge in [0.15, 0.2) is 0 Å². The van der Waals surface area contributed by atoms with E-state index in [0.717, 1.165) is 12.8 Å². The van der Waals surface area contributed by atoms with Crippen LogP contribution in [0.15, 0.2) is 54.7 Å². The monoisotopic (exact) mass is 764 g/mol. The number of amides is 6. The zero-order valence-corrected chi connectivity index (χ0v) is 32.3. The highest BCUT2D eigenvalue weighted by Gasteiger charge is 2.44. The summed E-state index contributed by atoms with van der Waals surface area (Å²) < 4.78 is 5.38. The van der Waals surface area contributed by atoms with E-state index in [0.29, 0.717) is 57.5 Å². The van der Waals surface area contributed by atoms with Crippen LogP contribution in [0.25, 0.3) is 0 Å². The van der Waals surface area contributed by atoms with Crippen molar-refractivity contribution in [3.8, 4) is 0 Å². The Balaban J connectivity index is 0.000000296. The van der Waals surface area contributed by atoms with Crippen molar-refractivity contribution in [3.63, 3.8) is 0 Å². The molecule has 0 aliphatic carbocycles. The maximum atomic E-state index is 13.4. The number of rotatable bonds is 4. The zero-order chi connectivity index (χ0) is 40.3. The number of esters is 1. The van der Waals surface area contributed by atoms with Crippen LogP contribution in [0.5, 0.6) is 0 Å². The first kappa shape index (κ1) is 44.0. The van der Waals surface area contributed by atoms with E-state index in [-0.39, 0.29) is 55.0 Å². The molecule has 1 aromatic carbocycles. The number of nitrogens with zero attached hydrogens (tertiary/aromatic N) is 4. The number of cyclic esters (lactones) is 1. The minimum Gasteiger partial charge on any atom is -0.464 e. The number of primary amides is 1. The number of aryl methyl sites for hydroxylation is 1. The number of benzene rings is 1. The molecule has 4 saturated heterocycles. The number of piperidine rings is 1. The van der Waals surface area contributed by atoms with Crippen LogP contribution in [0.1, 0.15) is 64.4 Å². The summed E-state index contributed by atoms with van der Waals surface area (Å²) in [5, 5.41) is 7.79. The quantitative estimate of drug-likeness (QED) is 0.259. The van der Waals surface area contributed by atoms with Gasteiger partial charge in [0.25, 0.3) is 0 Å². The molecule has 2 aromatic rings. The van der Waals surface area contributed by atoms with Gasteiger partial charge in [-0.1, -0.05) is 48.9 Å². The molecule has 6 amide bonds. The van der Waals surface area contributed by atoms with Gasteiger partial charge in [0.1, 0.15) is 36.6 Å². The molecule has 5 heterocycles. The van der Waals surface area contributed by atoms with E-state index in [1.165, 1.54) is 10.5 Å². The fourth-order valence-corrected chi connectivity index (χ4v) is 6.81. The standard InChI is InChI=1S/C23H34N4O6.C7H8.C6H6N2O.C3H8N2O/c1-14-12-18-23(32)33-11-8-19(28)25-10-5-7-17(25)22(31)26-9-4-3-6-16(26)20(29)24-15(2)21(30)27(18)13-14;1-7-5-3-2-4-6-7;9-5-8-6-3-1-2-4-7-6;1-5-2-3(4)6/h14-18H,3-13H2,1-2H3,(H,24,29);2-6H,1H3;1-5H,(H,7,8,9);5H,2H2,1H3,(H2,4,6). The Morgan fingerprint density at radius 1 is 0.909 bits per heavy atom. The van der Waals surface area contributed by atoms with Gasteiger partial charge < -0.3 is 41.1 Å². The van der Waals surface area contributed by atoms with E-state index in [1.54, 1.807) is 48.2 Å². The number of likely N-dealkylation sites (N-methyl/N-ethyl adjacent to an activating group) is 1. The van der Waals surface area contributed by atoms with Crippen molar-refractivity contribution in [1.82, 2.24) is 30.3 Å². The summed E-state index contributed by atoms with van der Waals surface area (Å²) in [5.74, 6) is -1.30. The molecule has 1 aromatic heterocycles. The number of nitrogens with one attached hydrogen (secondary N) is 3. The van der Waals surface area contributed by atoms with Gasteiger partial charge in [-0.2, -0.15) is 0 Å². The largest absolute Gasteiger partial charge is 0.464 e. The van der Waals surface area contributed by atoms with Gasteiger partial charge in [0.2, 0.25) is 35.9 Å². The third-order valence-corrected chi connectivity index (χ3v) is 9.46. The van der Waals surface area contributed by atoms with Gasteiger partial charge in [-0.25, -0.2) is 9.78 Å². The molecule has 0 radical (unpaired) electrons. The average molecular weight is 765 g/mol. The lowest BCUT2D eigenvalue weighted by Crippen LogP contribution is -2.59. The summed E-state index contributed by atoms with van der Waals surface area (Å²) >= 11 is 0. The second-order valence-corrected chi connectivity index (χ2v) is 13.9. The summed E-state index contributed by atoms with van der Waals surface area (Å²) in [5.41, 5.74) is 6.02. The first-order chi connectivity index (χ1) is 26.4.